The van der Waals surface area contributed by atoms with Crippen molar-refractivity contribution in [1.29, 1.82) is 0 Å². The van der Waals surface area contributed by atoms with E-state index in [0.717, 1.165) is 11.1 Å². The molecule has 3 amide bonds. The number of amides is 3. The number of hydrogen-bond acceptors (Lipinski definition) is 5. The van der Waals surface area contributed by atoms with Crippen LogP contribution in [0.4, 0.5) is 0 Å². The molecule has 5 unspecified atom stereocenters. The fourth-order valence-electron chi connectivity index (χ4n) is 5.97. The lowest BCUT2D eigenvalue weighted by atomic mass is 9.76. The molecule has 7 rings (SSSR count). The van der Waals surface area contributed by atoms with E-state index >= 15 is 0 Å². The highest BCUT2D eigenvalue weighted by Crippen LogP contribution is 2.48. The number of allylic oxidation sites excluding steroid dienone is 4. The summed E-state index contributed by atoms with van der Waals surface area (Å²) in [5.41, 5.74) is 1.54. The zero-order valence-electron chi connectivity index (χ0n) is 19.2. The maximum atomic E-state index is 13.7. The summed E-state index contributed by atoms with van der Waals surface area (Å²) in [7, 11) is 0. The highest BCUT2D eigenvalue weighted by Gasteiger charge is 2.59. The average molecular weight is 592 g/mol. The third kappa shape index (κ3) is 2.44. The maximum absolute atomic E-state index is 13.7. The number of aliphatic hydroxyl groups is 1. The molecule has 5 atom stereocenters. The van der Waals surface area contributed by atoms with Crippen molar-refractivity contribution in [3.63, 3.8) is 0 Å². The van der Waals surface area contributed by atoms with Gasteiger partial charge in [-0.1, -0.05) is 59.0 Å². The molecule has 2 fully saturated rings. The van der Waals surface area contributed by atoms with Crippen LogP contribution in [-0.2, 0) is 23.2 Å². The van der Waals surface area contributed by atoms with E-state index in [1.165, 1.54) is 0 Å². The van der Waals surface area contributed by atoms with Gasteiger partial charge in [0.2, 0.25) is 11.8 Å². The molecule has 0 radical (unpaired) electrons. The SMILES string of the molecule is CC1(c2ccc(C3(I)C(=O)N4C=CC5=CC=CN(C54)C3O)cc2)C(=O)N2C=CC=C3C=CN(C1=O)C32. The third-order valence-electron chi connectivity index (χ3n) is 8.00. The molecule has 1 aromatic rings. The molecule has 0 bridgehead atoms. The maximum Gasteiger partial charge on any atom is 0.253 e. The summed E-state index contributed by atoms with van der Waals surface area (Å²) in [6.07, 6.45) is 16.3. The standard InChI is InChI=1S/C27H21IN4O4/c1-26(22(33)29-12-2-4-16-10-14-31(20(16)29)23(26)34)18-6-8-19(9-7-18)27(28)24(35)30-13-3-5-17-11-15-32(21(17)30)25(27)36/h2-15,20-21,24,35H,1H3. The first-order valence-electron chi connectivity index (χ1n) is 11.6. The van der Waals surface area contributed by atoms with E-state index in [2.05, 4.69) is 0 Å². The van der Waals surface area contributed by atoms with Gasteiger partial charge in [0.1, 0.15) is 12.3 Å². The summed E-state index contributed by atoms with van der Waals surface area (Å²) >= 11 is 2.03. The van der Waals surface area contributed by atoms with Crippen LogP contribution in [0.3, 0.4) is 0 Å². The predicted octanol–water partition coefficient (Wildman–Crippen LogP) is 2.32. The number of hydrogen-bond donors (Lipinski definition) is 1. The van der Waals surface area contributed by atoms with Crippen molar-refractivity contribution in [2.45, 2.75) is 34.3 Å². The quantitative estimate of drug-likeness (QED) is 0.324. The molecule has 6 aliphatic rings. The van der Waals surface area contributed by atoms with E-state index in [9.17, 15) is 19.5 Å². The molecular formula is C27H21IN4O4. The Morgan fingerprint density at radius 2 is 1.28 bits per heavy atom. The monoisotopic (exact) mass is 592 g/mol. The van der Waals surface area contributed by atoms with Gasteiger partial charge in [0.25, 0.3) is 5.91 Å². The molecule has 9 heteroatoms. The normalized spacial score (nSPS) is 35.4. The molecule has 36 heavy (non-hydrogen) atoms. The lowest BCUT2D eigenvalue weighted by Gasteiger charge is -2.51. The number of benzene rings is 1. The van der Waals surface area contributed by atoms with Crippen LogP contribution in [0, 0.1) is 0 Å². The molecule has 0 spiro atoms. The van der Waals surface area contributed by atoms with Gasteiger partial charge in [0.05, 0.1) is 0 Å². The van der Waals surface area contributed by atoms with Crippen LogP contribution in [0.2, 0.25) is 0 Å². The number of halogens is 1. The van der Waals surface area contributed by atoms with Crippen molar-refractivity contribution >= 4 is 40.3 Å². The smallest absolute Gasteiger partial charge is 0.253 e. The Labute approximate surface area is 221 Å². The largest absolute Gasteiger partial charge is 0.371 e. The first-order valence-corrected chi connectivity index (χ1v) is 12.7. The summed E-state index contributed by atoms with van der Waals surface area (Å²) < 4.78 is -1.28. The lowest BCUT2D eigenvalue weighted by molar-refractivity contribution is -0.159. The second-order valence-electron chi connectivity index (χ2n) is 9.77. The summed E-state index contributed by atoms with van der Waals surface area (Å²) in [4.78, 5) is 47.6. The topological polar surface area (TPSA) is 84.4 Å². The number of carbonyl (C=O) groups is 3. The van der Waals surface area contributed by atoms with E-state index in [1.54, 1.807) is 75.6 Å². The Morgan fingerprint density at radius 1 is 0.750 bits per heavy atom. The molecule has 0 aromatic heterocycles. The number of nitrogens with zero attached hydrogens (tertiary/aromatic N) is 4. The lowest BCUT2D eigenvalue weighted by Crippen LogP contribution is -2.66. The van der Waals surface area contributed by atoms with Crippen LogP contribution in [0.5, 0.6) is 0 Å². The van der Waals surface area contributed by atoms with Gasteiger partial charge in [-0.05, 0) is 53.5 Å². The molecule has 8 nitrogen and oxygen atoms in total. The van der Waals surface area contributed by atoms with Gasteiger partial charge in [0, 0.05) is 24.8 Å². The van der Waals surface area contributed by atoms with Gasteiger partial charge in [-0.2, -0.15) is 0 Å². The Bertz CT molecular complexity index is 1440. The van der Waals surface area contributed by atoms with Crippen molar-refractivity contribution in [3.05, 3.63) is 108 Å². The second-order valence-corrected chi connectivity index (χ2v) is 11.5. The highest BCUT2D eigenvalue weighted by molar-refractivity contribution is 14.1. The van der Waals surface area contributed by atoms with Gasteiger partial charge in [0.15, 0.2) is 15.1 Å². The number of aliphatic hydroxyl groups excluding tert-OH is 1. The van der Waals surface area contributed by atoms with Gasteiger partial charge in [-0.15, -0.1) is 0 Å². The molecular weight excluding hydrogens is 571 g/mol. The fourth-order valence-corrected chi connectivity index (χ4v) is 6.93. The minimum atomic E-state index is -1.43. The van der Waals surface area contributed by atoms with Gasteiger partial charge in [-0.3, -0.25) is 29.1 Å². The molecule has 0 saturated carbocycles. The number of alkyl halides is 1. The van der Waals surface area contributed by atoms with Crippen molar-refractivity contribution < 1.29 is 19.5 Å². The molecule has 0 aliphatic carbocycles. The predicted molar refractivity (Wildman–Crippen MR) is 138 cm³/mol. The summed E-state index contributed by atoms with van der Waals surface area (Å²) in [6.45, 7) is 1.65. The van der Waals surface area contributed by atoms with Crippen molar-refractivity contribution in [3.8, 4) is 0 Å². The van der Waals surface area contributed by atoms with E-state index in [4.69, 9.17) is 0 Å². The third-order valence-corrected chi connectivity index (χ3v) is 9.64. The minimum Gasteiger partial charge on any atom is -0.371 e. The minimum absolute atomic E-state index is 0.224. The highest BCUT2D eigenvalue weighted by atomic mass is 127. The van der Waals surface area contributed by atoms with Gasteiger partial charge < -0.3 is 10.0 Å². The van der Waals surface area contributed by atoms with Crippen molar-refractivity contribution in [1.82, 2.24) is 19.6 Å². The zero-order chi connectivity index (χ0) is 25.0. The van der Waals surface area contributed by atoms with Crippen molar-refractivity contribution in [2.24, 2.45) is 0 Å². The Hall–Kier alpha value is -3.44. The van der Waals surface area contributed by atoms with E-state index in [1.807, 2.05) is 59.0 Å². The van der Waals surface area contributed by atoms with Crippen LogP contribution < -0.4 is 0 Å². The van der Waals surface area contributed by atoms with Crippen LogP contribution in [-0.4, -0.2) is 61.0 Å². The fraction of sp³-hybridized carbons (Fsp3) is 0.222. The van der Waals surface area contributed by atoms with Crippen LogP contribution in [0.15, 0.2) is 96.7 Å². The van der Waals surface area contributed by atoms with Crippen LogP contribution >= 0.6 is 22.6 Å². The van der Waals surface area contributed by atoms with Crippen molar-refractivity contribution in [2.75, 3.05) is 0 Å². The van der Waals surface area contributed by atoms with Crippen LogP contribution in [0.25, 0.3) is 0 Å². The Kier molecular flexibility index (Phi) is 4.28. The molecule has 180 valence electrons. The number of carbonyl (C=O) groups excluding carboxylic acids is 3. The first kappa shape index (κ1) is 21.8. The molecule has 6 heterocycles. The summed E-state index contributed by atoms with van der Waals surface area (Å²) in [5.74, 6) is -0.816. The molecule has 2 saturated heterocycles. The van der Waals surface area contributed by atoms with E-state index in [-0.39, 0.29) is 23.9 Å². The average Bonchev–Trinajstić information content (AvgIpc) is 3.54. The Balaban J connectivity index is 1.27. The second kappa shape index (κ2) is 7.07. The van der Waals surface area contributed by atoms with E-state index in [0.29, 0.717) is 11.1 Å². The summed E-state index contributed by atoms with van der Waals surface area (Å²) in [6, 6.07) is 6.92. The van der Waals surface area contributed by atoms with E-state index < -0.39 is 21.2 Å². The molecule has 1 aromatic carbocycles. The van der Waals surface area contributed by atoms with Gasteiger partial charge >= 0.3 is 0 Å². The van der Waals surface area contributed by atoms with Gasteiger partial charge in [-0.25, -0.2) is 0 Å². The summed E-state index contributed by atoms with van der Waals surface area (Å²) in [5, 5.41) is 11.4. The number of rotatable bonds is 2. The van der Waals surface area contributed by atoms with Crippen LogP contribution in [0.1, 0.15) is 18.1 Å². The molecule has 6 aliphatic heterocycles. The first-order chi connectivity index (χ1) is 17.3. The zero-order valence-corrected chi connectivity index (χ0v) is 21.3. The molecule has 1 N–H and O–H groups in total. The Morgan fingerprint density at radius 3 is 1.94 bits per heavy atom.